The molecule has 11 heteroatoms. The predicted molar refractivity (Wildman–Crippen MR) is 90.3 cm³/mol. The SMILES string of the molecule is O=C(CCc1nc(-c2ccsc2)no1)Nc1ccc(OCC(F)(F)F)nc1. The van der Waals surface area contributed by atoms with Crippen LogP contribution in [0.1, 0.15) is 12.3 Å². The third kappa shape index (κ3) is 5.78. The number of halogens is 3. The van der Waals surface area contributed by atoms with Gasteiger partial charge in [0.25, 0.3) is 0 Å². The van der Waals surface area contributed by atoms with Gasteiger partial charge < -0.3 is 14.6 Å². The molecular formula is C16H13F3N4O3S. The molecule has 1 N–H and O–H groups in total. The molecule has 0 spiro atoms. The van der Waals surface area contributed by atoms with Gasteiger partial charge in [-0.25, -0.2) is 4.98 Å². The fraction of sp³-hybridized carbons (Fsp3) is 0.250. The van der Waals surface area contributed by atoms with Gasteiger partial charge in [-0.2, -0.15) is 29.5 Å². The highest BCUT2D eigenvalue weighted by Crippen LogP contribution is 2.20. The maximum absolute atomic E-state index is 12.1. The number of aryl methyl sites for hydroxylation is 1. The lowest BCUT2D eigenvalue weighted by atomic mass is 10.3. The summed E-state index contributed by atoms with van der Waals surface area (Å²) < 4.78 is 45.8. The van der Waals surface area contributed by atoms with Gasteiger partial charge in [-0.3, -0.25) is 4.79 Å². The Balaban J connectivity index is 1.46. The minimum absolute atomic E-state index is 0.0948. The fourth-order valence-corrected chi connectivity index (χ4v) is 2.64. The molecule has 0 unspecified atom stereocenters. The monoisotopic (exact) mass is 398 g/mol. The Morgan fingerprint density at radius 3 is 2.81 bits per heavy atom. The van der Waals surface area contributed by atoms with E-state index >= 15 is 0 Å². The van der Waals surface area contributed by atoms with Crippen LogP contribution in [-0.4, -0.2) is 33.8 Å². The van der Waals surface area contributed by atoms with Crippen molar-refractivity contribution in [3.63, 3.8) is 0 Å². The summed E-state index contributed by atoms with van der Waals surface area (Å²) in [6.45, 7) is -1.43. The van der Waals surface area contributed by atoms with Crippen LogP contribution in [0, 0.1) is 0 Å². The topological polar surface area (TPSA) is 90.1 Å². The average molecular weight is 398 g/mol. The van der Waals surface area contributed by atoms with E-state index in [9.17, 15) is 18.0 Å². The molecule has 0 atom stereocenters. The molecule has 0 saturated heterocycles. The number of alkyl halides is 3. The highest BCUT2D eigenvalue weighted by molar-refractivity contribution is 7.08. The number of hydrogen-bond acceptors (Lipinski definition) is 7. The highest BCUT2D eigenvalue weighted by Gasteiger charge is 2.28. The summed E-state index contributed by atoms with van der Waals surface area (Å²) in [7, 11) is 0. The molecule has 3 aromatic rings. The summed E-state index contributed by atoms with van der Waals surface area (Å²) in [4.78, 5) is 19.9. The molecular weight excluding hydrogens is 385 g/mol. The summed E-state index contributed by atoms with van der Waals surface area (Å²) >= 11 is 1.51. The number of carbonyl (C=O) groups excluding carboxylic acids is 1. The van der Waals surface area contributed by atoms with Gasteiger partial charge in [-0.05, 0) is 17.5 Å². The first kappa shape index (κ1) is 18.8. The van der Waals surface area contributed by atoms with Crippen LogP contribution in [0.5, 0.6) is 5.88 Å². The second-order valence-corrected chi connectivity index (χ2v) is 6.14. The van der Waals surface area contributed by atoms with Crippen LogP contribution in [0.25, 0.3) is 11.4 Å². The molecule has 0 saturated carbocycles. The van der Waals surface area contributed by atoms with Crippen molar-refractivity contribution in [2.75, 3.05) is 11.9 Å². The van der Waals surface area contributed by atoms with Crippen molar-refractivity contribution in [3.05, 3.63) is 41.0 Å². The largest absolute Gasteiger partial charge is 0.468 e. The van der Waals surface area contributed by atoms with Gasteiger partial charge in [0.2, 0.25) is 23.5 Å². The van der Waals surface area contributed by atoms with Crippen LogP contribution in [0.4, 0.5) is 18.9 Å². The van der Waals surface area contributed by atoms with Gasteiger partial charge in [0, 0.05) is 29.9 Å². The predicted octanol–water partition coefficient (Wildman–Crippen LogP) is 3.71. The average Bonchev–Trinajstić information content (AvgIpc) is 3.30. The zero-order chi connectivity index (χ0) is 19.3. The van der Waals surface area contributed by atoms with E-state index in [1.165, 1.54) is 29.7 Å². The standard InChI is InChI=1S/C16H13F3N4O3S/c17-16(18,19)9-25-13-3-1-11(7-20-13)21-12(24)2-4-14-22-15(23-26-14)10-5-6-27-8-10/h1,3,5-8H,2,4,9H2,(H,21,24). The molecule has 0 aromatic carbocycles. The Morgan fingerprint density at radius 2 is 2.15 bits per heavy atom. The van der Waals surface area contributed by atoms with Crippen molar-refractivity contribution in [2.24, 2.45) is 0 Å². The smallest absolute Gasteiger partial charge is 0.422 e. The number of ether oxygens (including phenoxy) is 1. The van der Waals surface area contributed by atoms with Crippen LogP contribution in [0.2, 0.25) is 0 Å². The van der Waals surface area contributed by atoms with Crippen molar-refractivity contribution < 1.29 is 27.2 Å². The minimum atomic E-state index is -4.44. The van der Waals surface area contributed by atoms with E-state index in [-0.39, 0.29) is 24.6 Å². The van der Waals surface area contributed by atoms with Crippen LogP contribution < -0.4 is 10.1 Å². The number of thiophene rings is 1. The molecule has 142 valence electrons. The quantitative estimate of drug-likeness (QED) is 0.653. The Morgan fingerprint density at radius 1 is 1.30 bits per heavy atom. The fourth-order valence-electron chi connectivity index (χ4n) is 2.00. The summed E-state index contributed by atoms with van der Waals surface area (Å²) in [5, 5.41) is 10.2. The molecule has 0 aliphatic heterocycles. The van der Waals surface area contributed by atoms with Gasteiger partial charge in [-0.1, -0.05) is 5.16 Å². The Kier molecular flexibility index (Phi) is 5.69. The van der Waals surface area contributed by atoms with Crippen molar-refractivity contribution >= 4 is 22.9 Å². The zero-order valence-electron chi connectivity index (χ0n) is 13.7. The second-order valence-electron chi connectivity index (χ2n) is 5.36. The minimum Gasteiger partial charge on any atom is -0.468 e. The molecule has 0 radical (unpaired) electrons. The molecule has 0 aliphatic carbocycles. The number of aromatic nitrogens is 3. The third-order valence-electron chi connectivity index (χ3n) is 3.22. The normalized spacial score (nSPS) is 11.4. The summed E-state index contributed by atoms with van der Waals surface area (Å²) in [6, 6.07) is 4.51. The summed E-state index contributed by atoms with van der Waals surface area (Å²) in [5.74, 6) is 0.291. The zero-order valence-corrected chi connectivity index (χ0v) is 14.5. The van der Waals surface area contributed by atoms with Gasteiger partial charge in [-0.15, -0.1) is 0 Å². The van der Waals surface area contributed by atoms with E-state index in [4.69, 9.17) is 4.52 Å². The molecule has 3 heterocycles. The molecule has 7 nitrogen and oxygen atoms in total. The van der Waals surface area contributed by atoms with Crippen LogP contribution in [0.3, 0.4) is 0 Å². The first-order chi connectivity index (χ1) is 12.9. The van der Waals surface area contributed by atoms with Gasteiger partial charge in [0.15, 0.2) is 6.61 Å². The molecule has 0 fully saturated rings. The van der Waals surface area contributed by atoms with E-state index in [2.05, 4.69) is 25.2 Å². The Labute approximate surface area is 155 Å². The van der Waals surface area contributed by atoms with E-state index in [0.29, 0.717) is 17.4 Å². The lowest BCUT2D eigenvalue weighted by Crippen LogP contribution is -2.19. The summed E-state index contributed by atoms with van der Waals surface area (Å²) in [6.07, 6.45) is -2.88. The van der Waals surface area contributed by atoms with E-state index in [1.807, 2.05) is 16.8 Å². The lowest BCUT2D eigenvalue weighted by Gasteiger charge is -2.09. The third-order valence-corrected chi connectivity index (χ3v) is 3.90. The number of nitrogens with zero attached hydrogens (tertiary/aromatic N) is 3. The number of anilines is 1. The maximum atomic E-state index is 12.1. The number of carbonyl (C=O) groups is 1. The van der Waals surface area contributed by atoms with Gasteiger partial charge >= 0.3 is 6.18 Å². The van der Waals surface area contributed by atoms with E-state index in [1.54, 1.807) is 0 Å². The molecule has 3 rings (SSSR count). The van der Waals surface area contributed by atoms with Crippen molar-refractivity contribution in [2.45, 2.75) is 19.0 Å². The van der Waals surface area contributed by atoms with Crippen molar-refractivity contribution in [3.8, 4) is 17.3 Å². The van der Waals surface area contributed by atoms with Gasteiger partial charge in [0.05, 0.1) is 11.9 Å². The number of amides is 1. The van der Waals surface area contributed by atoms with Crippen LogP contribution >= 0.6 is 11.3 Å². The molecule has 0 bridgehead atoms. The first-order valence-corrected chi connectivity index (χ1v) is 8.64. The van der Waals surface area contributed by atoms with Crippen molar-refractivity contribution in [1.82, 2.24) is 15.1 Å². The van der Waals surface area contributed by atoms with Crippen molar-refractivity contribution in [1.29, 1.82) is 0 Å². The Bertz CT molecular complexity index is 879. The Hall–Kier alpha value is -2.95. The molecule has 27 heavy (non-hydrogen) atoms. The number of nitrogens with one attached hydrogen (secondary N) is 1. The first-order valence-electron chi connectivity index (χ1n) is 7.70. The van der Waals surface area contributed by atoms with Crippen LogP contribution in [-0.2, 0) is 11.2 Å². The molecule has 0 aliphatic rings. The highest BCUT2D eigenvalue weighted by atomic mass is 32.1. The van der Waals surface area contributed by atoms with Gasteiger partial charge in [0.1, 0.15) is 0 Å². The van der Waals surface area contributed by atoms with E-state index in [0.717, 1.165) is 5.56 Å². The maximum Gasteiger partial charge on any atom is 0.422 e. The van der Waals surface area contributed by atoms with Crippen LogP contribution in [0.15, 0.2) is 39.7 Å². The molecule has 1 amide bonds. The van der Waals surface area contributed by atoms with E-state index < -0.39 is 12.8 Å². The number of pyridine rings is 1. The number of hydrogen-bond donors (Lipinski definition) is 1. The summed E-state index contributed by atoms with van der Waals surface area (Å²) in [5.41, 5.74) is 1.18. The molecule has 3 aromatic heterocycles. The second kappa shape index (κ2) is 8.16. The number of rotatable bonds is 7. The lowest BCUT2D eigenvalue weighted by molar-refractivity contribution is -0.154.